The molecule has 3 aromatic carbocycles. The molecule has 8 heteroatoms. The van der Waals surface area contributed by atoms with E-state index in [0.29, 0.717) is 46.1 Å². The molecule has 0 fully saturated rings. The molecule has 1 unspecified atom stereocenters. The fourth-order valence-corrected chi connectivity index (χ4v) is 4.77. The lowest BCUT2D eigenvalue weighted by Crippen LogP contribution is -2.31. The van der Waals surface area contributed by atoms with Crippen LogP contribution in [0.3, 0.4) is 0 Å². The van der Waals surface area contributed by atoms with Crippen LogP contribution in [0.4, 0.5) is 11.4 Å². The standard InChI is InChI=1S/C29H31Cl2N3O3/c1-19(2)32-15-17-37-27-8-5-16-34(26-14-11-21(30)18-24(26)27)29(36)20-9-12-22(13-10-20)33-28(35)23-6-3-4-7-25(23)31/h3-4,6-7,9-14,18-19,27,32H,5,8,15-17H2,1-2H3,(H,33,35). The Kier molecular flexibility index (Phi) is 9.22. The molecule has 4 rings (SSSR count). The summed E-state index contributed by atoms with van der Waals surface area (Å²) < 4.78 is 6.22. The van der Waals surface area contributed by atoms with Gasteiger partial charge in [-0.15, -0.1) is 0 Å². The van der Waals surface area contributed by atoms with Crippen molar-refractivity contribution in [3.63, 3.8) is 0 Å². The summed E-state index contributed by atoms with van der Waals surface area (Å²) in [4.78, 5) is 27.9. The number of carbonyl (C=O) groups excluding carboxylic acids is 2. The van der Waals surface area contributed by atoms with Crippen molar-refractivity contribution in [3.05, 3.63) is 93.5 Å². The third kappa shape index (κ3) is 6.90. The molecule has 0 aromatic heterocycles. The first kappa shape index (κ1) is 27.1. The van der Waals surface area contributed by atoms with Gasteiger partial charge in [-0.2, -0.15) is 0 Å². The number of amides is 2. The number of hydrogen-bond acceptors (Lipinski definition) is 4. The normalized spacial score (nSPS) is 15.3. The highest BCUT2D eigenvalue weighted by Crippen LogP contribution is 2.37. The Labute approximate surface area is 227 Å². The van der Waals surface area contributed by atoms with E-state index in [4.69, 9.17) is 27.9 Å². The second-order valence-electron chi connectivity index (χ2n) is 9.28. The molecule has 1 aliphatic heterocycles. The van der Waals surface area contributed by atoms with Crippen LogP contribution in [0.1, 0.15) is 59.1 Å². The third-order valence-electron chi connectivity index (χ3n) is 6.20. The van der Waals surface area contributed by atoms with Gasteiger partial charge in [-0.1, -0.05) is 49.2 Å². The maximum atomic E-state index is 13.6. The van der Waals surface area contributed by atoms with E-state index in [1.54, 1.807) is 59.5 Å². The second kappa shape index (κ2) is 12.6. The van der Waals surface area contributed by atoms with E-state index in [-0.39, 0.29) is 17.9 Å². The van der Waals surface area contributed by atoms with Crippen LogP contribution in [0.25, 0.3) is 0 Å². The van der Waals surface area contributed by atoms with Crippen LogP contribution in [-0.4, -0.2) is 37.6 Å². The minimum atomic E-state index is -0.308. The fraction of sp³-hybridized carbons (Fsp3) is 0.310. The topological polar surface area (TPSA) is 70.7 Å². The van der Waals surface area contributed by atoms with Crippen LogP contribution in [0.2, 0.25) is 10.0 Å². The summed E-state index contributed by atoms with van der Waals surface area (Å²) in [5.74, 6) is -0.424. The van der Waals surface area contributed by atoms with E-state index in [0.717, 1.165) is 30.6 Å². The highest BCUT2D eigenvalue weighted by molar-refractivity contribution is 6.34. The molecule has 3 aromatic rings. The van der Waals surface area contributed by atoms with E-state index in [1.807, 2.05) is 12.1 Å². The summed E-state index contributed by atoms with van der Waals surface area (Å²) in [6.07, 6.45) is 1.46. The zero-order chi connectivity index (χ0) is 26.4. The molecule has 0 saturated carbocycles. The van der Waals surface area contributed by atoms with Gasteiger partial charge in [0, 0.05) is 46.7 Å². The number of benzene rings is 3. The monoisotopic (exact) mass is 539 g/mol. The van der Waals surface area contributed by atoms with Crippen LogP contribution in [0.15, 0.2) is 66.7 Å². The number of halogens is 2. The Hall–Kier alpha value is -2.90. The Morgan fingerprint density at radius 3 is 2.54 bits per heavy atom. The molecule has 0 radical (unpaired) electrons. The van der Waals surface area contributed by atoms with Crippen molar-refractivity contribution >= 4 is 46.4 Å². The van der Waals surface area contributed by atoms with Crippen LogP contribution in [-0.2, 0) is 4.74 Å². The van der Waals surface area contributed by atoms with Gasteiger partial charge in [0.1, 0.15) is 0 Å². The van der Waals surface area contributed by atoms with Crippen LogP contribution < -0.4 is 15.5 Å². The molecule has 2 N–H and O–H groups in total. The van der Waals surface area contributed by atoms with Crippen LogP contribution in [0, 0.1) is 0 Å². The number of nitrogens with zero attached hydrogens (tertiary/aromatic N) is 1. The van der Waals surface area contributed by atoms with E-state index >= 15 is 0 Å². The van der Waals surface area contributed by atoms with Crippen molar-refractivity contribution in [2.75, 3.05) is 29.9 Å². The molecule has 0 spiro atoms. The number of hydrogen-bond donors (Lipinski definition) is 2. The van der Waals surface area contributed by atoms with Gasteiger partial charge in [-0.05, 0) is 67.4 Å². The Balaban J connectivity index is 1.49. The summed E-state index contributed by atoms with van der Waals surface area (Å²) in [6, 6.07) is 19.7. The largest absolute Gasteiger partial charge is 0.372 e. The number of rotatable bonds is 8. The summed E-state index contributed by atoms with van der Waals surface area (Å²) in [5.41, 5.74) is 3.22. The number of nitrogens with one attached hydrogen (secondary N) is 2. The SMILES string of the molecule is CC(C)NCCOC1CCCN(C(=O)c2ccc(NC(=O)c3ccccc3Cl)cc2)c2ccc(Cl)cc21. The first-order chi connectivity index (χ1) is 17.8. The highest BCUT2D eigenvalue weighted by atomic mass is 35.5. The van der Waals surface area contributed by atoms with Gasteiger partial charge in [0.2, 0.25) is 0 Å². The number of carbonyl (C=O) groups is 2. The molecule has 37 heavy (non-hydrogen) atoms. The van der Waals surface area contributed by atoms with E-state index in [9.17, 15) is 9.59 Å². The average Bonchev–Trinajstić information content (AvgIpc) is 3.06. The van der Waals surface area contributed by atoms with Gasteiger partial charge in [-0.3, -0.25) is 9.59 Å². The first-order valence-electron chi connectivity index (χ1n) is 12.5. The van der Waals surface area contributed by atoms with Crippen molar-refractivity contribution in [2.24, 2.45) is 0 Å². The minimum Gasteiger partial charge on any atom is -0.372 e. The van der Waals surface area contributed by atoms with Crippen molar-refractivity contribution in [1.82, 2.24) is 5.32 Å². The molecule has 0 aliphatic carbocycles. The molecule has 1 heterocycles. The molecule has 194 valence electrons. The second-order valence-corrected chi connectivity index (χ2v) is 10.1. The van der Waals surface area contributed by atoms with E-state index in [2.05, 4.69) is 24.5 Å². The average molecular weight is 540 g/mol. The zero-order valence-corrected chi connectivity index (χ0v) is 22.5. The Bertz CT molecular complexity index is 1250. The highest BCUT2D eigenvalue weighted by Gasteiger charge is 2.28. The van der Waals surface area contributed by atoms with Crippen LogP contribution in [0.5, 0.6) is 0 Å². The van der Waals surface area contributed by atoms with E-state index < -0.39 is 0 Å². The number of anilines is 2. The smallest absolute Gasteiger partial charge is 0.258 e. The molecule has 0 bridgehead atoms. The third-order valence-corrected chi connectivity index (χ3v) is 6.77. The lowest BCUT2D eigenvalue weighted by molar-refractivity contribution is 0.0485. The summed E-state index contributed by atoms with van der Waals surface area (Å²) in [5, 5.41) is 7.18. The van der Waals surface area contributed by atoms with Gasteiger partial charge in [0.05, 0.1) is 23.3 Å². The van der Waals surface area contributed by atoms with Gasteiger partial charge in [0.25, 0.3) is 11.8 Å². The van der Waals surface area contributed by atoms with Crippen LogP contribution >= 0.6 is 23.2 Å². The van der Waals surface area contributed by atoms with Crippen molar-refractivity contribution in [2.45, 2.75) is 38.8 Å². The number of ether oxygens (including phenoxy) is 1. The maximum absolute atomic E-state index is 13.6. The molecule has 2 amide bonds. The fourth-order valence-electron chi connectivity index (χ4n) is 4.37. The minimum absolute atomic E-state index is 0.116. The Morgan fingerprint density at radius 1 is 1.05 bits per heavy atom. The molecule has 0 saturated heterocycles. The summed E-state index contributed by atoms with van der Waals surface area (Å²) in [6.45, 7) is 6.10. The molecular formula is C29H31Cl2N3O3. The van der Waals surface area contributed by atoms with Crippen molar-refractivity contribution in [3.8, 4) is 0 Å². The predicted molar refractivity (Wildman–Crippen MR) is 150 cm³/mol. The van der Waals surface area contributed by atoms with Crippen molar-refractivity contribution in [1.29, 1.82) is 0 Å². The molecule has 1 atom stereocenters. The first-order valence-corrected chi connectivity index (χ1v) is 13.2. The van der Waals surface area contributed by atoms with Gasteiger partial charge >= 0.3 is 0 Å². The zero-order valence-electron chi connectivity index (χ0n) is 21.0. The van der Waals surface area contributed by atoms with Gasteiger partial charge in [0.15, 0.2) is 0 Å². The maximum Gasteiger partial charge on any atom is 0.258 e. The van der Waals surface area contributed by atoms with Gasteiger partial charge < -0.3 is 20.3 Å². The number of fused-ring (bicyclic) bond motifs is 1. The summed E-state index contributed by atoms with van der Waals surface area (Å²) in [7, 11) is 0. The molecule has 1 aliphatic rings. The van der Waals surface area contributed by atoms with Crippen molar-refractivity contribution < 1.29 is 14.3 Å². The summed E-state index contributed by atoms with van der Waals surface area (Å²) >= 11 is 12.5. The molecule has 6 nitrogen and oxygen atoms in total. The van der Waals surface area contributed by atoms with E-state index in [1.165, 1.54) is 0 Å². The quantitative estimate of drug-likeness (QED) is 0.311. The van der Waals surface area contributed by atoms with Gasteiger partial charge in [-0.25, -0.2) is 0 Å². The lowest BCUT2D eigenvalue weighted by Gasteiger charge is -2.25. The Morgan fingerprint density at radius 2 is 1.81 bits per heavy atom. The predicted octanol–water partition coefficient (Wildman–Crippen LogP) is 6.74. The molecular weight excluding hydrogens is 509 g/mol. The lowest BCUT2D eigenvalue weighted by atomic mass is 10.0.